The summed E-state index contributed by atoms with van der Waals surface area (Å²) in [5, 5.41) is 12.4. The zero-order valence-electron chi connectivity index (χ0n) is 15.3. The molecule has 1 aliphatic heterocycles. The van der Waals surface area contributed by atoms with E-state index in [2.05, 4.69) is 6.07 Å². The maximum atomic E-state index is 13.0. The second-order valence-corrected chi connectivity index (χ2v) is 8.66. The Balaban J connectivity index is 1.56. The molecule has 1 saturated heterocycles. The van der Waals surface area contributed by atoms with Gasteiger partial charge in [-0.1, -0.05) is 12.1 Å². The molecule has 0 unspecified atom stereocenters. The number of fused-ring (bicyclic) bond motifs is 1. The number of likely N-dealkylation sites (tertiary alicyclic amines) is 1. The minimum absolute atomic E-state index is 0.0157. The van der Waals surface area contributed by atoms with Crippen molar-refractivity contribution in [3.05, 3.63) is 63.1 Å². The highest BCUT2D eigenvalue weighted by Crippen LogP contribution is 2.34. The van der Waals surface area contributed by atoms with Crippen molar-refractivity contribution in [1.82, 2.24) is 9.88 Å². The van der Waals surface area contributed by atoms with Crippen LogP contribution >= 0.6 is 23.1 Å². The molecule has 0 saturated carbocycles. The molecule has 4 rings (SSSR count). The minimum atomic E-state index is -0.428. The maximum absolute atomic E-state index is 13.0. The fraction of sp³-hybridized carbons (Fsp3) is 0.300. The Kier molecular flexibility index (Phi) is 5.32. The van der Waals surface area contributed by atoms with Crippen LogP contribution in [0.3, 0.4) is 0 Å². The number of aromatic nitrogens is 1. The van der Waals surface area contributed by atoms with E-state index < -0.39 is 4.92 Å². The molecule has 1 aromatic heterocycles. The van der Waals surface area contributed by atoms with Gasteiger partial charge in [-0.2, -0.15) is 0 Å². The van der Waals surface area contributed by atoms with Gasteiger partial charge in [-0.3, -0.25) is 14.9 Å². The second kappa shape index (κ2) is 7.89. The first kappa shape index (κ1) is 18.9. The topological polar surface area (TPSA) is 76.3 Å². The molecule has 3 aromatic rings. The number of rotatable bonds is 4. The number of hydrogen-bond donors (Lipinski definition) is 0. The highest BCUT2D eigenvalue weighted by atomic mass is 32.2. The van der Waals surface area contributed by atoms with Crippen LogP contribution in [0.5, 0.6) is 0 Å². The summed E-state index contributed by atoms with van der Waals surface area (Å²) in [6.07, 6.45) is 3.68. The number of nitro benzene ring substituents is 1. The lowest BCUT2D eigenvalue weighted by Crippen LogP contribution is -2.39. The molecule has 1 atom stereocenters. The van der Waals surface area contributed by atoms with Crippen molar-refractivity contribution < 1.29 is 9.72 Å². The van der Waals surface area contributed by atoms with Gasteiger partial charge in [0, 0.05) is 30.6 Å². The molecule has 0 aliphatic carbocycles. The molecule has 2 aromatic carbocycles. The van der Waals surface area contributed by atoms with Gasteiger partial charge in [0.25, 0.3) is 11.6 Å². The standard InChI is InChI=1S/C20H19N3O3S2/c1-27-18-9-8-13(11-16(18)23(25)26)20(24)22-10-4-5-14(12-22)19-21-15-6-2-3-7-17(15)28-19/h2-3,6-9,11,14H,4-5,10,12H2,1H3/t14-/m1/s1. The van der Waals surface area contributed by atoms with Crippen molar-refractivity contribution in [2.24, 2.45) is 0 Å². The Morgan fingerprint density at radius 3 is 2.89 bits per heavy atom. The summed E-state index contributed by atoms with van der Waals surface area (Å²) >= 11 is 2.99. The normalized spacial score (nSPS) is 17.0. The van der Waals surface area contributed by atoms with Gasteiger partial charge in [-0.05, 0) is 43.4 Å². The quantitative estimate of drug-likeness (QED) is 0.344. The number of nitrogens with zero attached hydrogens (tertiary/aromatic N) is 3. The van der Waals surface area contributed by atoms with Crippen molar-refractivity contribution in [2.75, 3.05) is 19.3 Å². The van der Waals surface area contributed by atoms with E-state index in [0.717, 1.165) is 28.1 Å². The molecule has 1 aliphatic rings. The molecular weight excluding hydrogens is 394 g/mol. The molecule has 0 bridgehead atoms. The summed E-state index contributed by atoms with van der Waals surface area (Å²) in [5.41, 5.74) is 1.35. The number of hydrogen-bond acceptors (Lipinski definition) is 6. The summed E-state index contributed by atoms with van der Waals surface area (Å²) in [5.74, 6) is 0.0529. The first-order valence-corrected chi connectivity index (χ1v) is 11.1. The third-order valence-electron chi connectivity index (χ3n) is 4.99. The van der Waals surface area contributed by atoms with Crippen LogP contribution in [-0.2, 0) is 0 Å². The van der Waals surface area contributed by atoms with Crippen molar-refractivity contribution in [1.29, 1.82) is 0 Å². The number of thiazole rings is 1. The summed E-state index contributed by atoms with van der Waals surface area (Å²) in [6.45, 7) is 1.26. The Hall–Kier alpha value is -2.45. The van der Waals surface area contributed by atoms with Crippen LogP contribution < -0.4 is 0 Å². The van der Waals surface area contributed by atoms with Crippen molar-refractivity contribution in [3.8, 4) is 0 Å². The lowest BCUT2D eigenvalue weighted by molar-refractivity contribution is -0.387. The van der Waals surface area contributed by atoms with Gasteiger partial charge in [0.2, 0.25) is 0 Å². The first-order valence-electron chi connectivity index (χ1n) is 9.04. The van der Waals surface area contributed by atoms with Crippen LogP contribution in [0, 0.1) is 10.1 Å². The molecule has 1 amide bonds. The maximum Gasteiger partial charge on any atom is 0.283 e. The Morgan fingerprint density at radius 1 is 1.32 bits per heavy atom. The van der Waals surface area contributed by atoms with Crippen LogP contribution in [0.25, 0.3) is 10.2 Å². The van der Waals surface area contributed by atoms with E-state index >= 15 is 0 Å². The zero-order chi connectivity index (χ0) is 19.7. The number of para-hydroxylation sites is 1. The van der Waals surface area contributed by atoms with Crippen molar-refractivity contribution in [2.45, 2.75) is 23.7 Å². The molecule has 0 spiro atoms. The smallest absolute Gasteiger partial charge is 0.283 e. The number of carbonyl (C=O) groups excluding carboxylic acids is 1. The number of nitro groups is 1. The van der Waals surface area contributed by atoms with Gasteiger partial charge in [-0.15, -0.1) is 23.1 Å². The van der Waals surface area contributed by atoms with E-state index in [9.17, 15) is 14.9 Å². The Labute approximate surface area is 170 Å². The SMILES string of the molecule is CSc1ccc(C(=O)N2CCC[C@@H](c3nc4ccccc4s3)C2)cc1[N+](=O)[O-]. The number of benzene rings is 2. The van der Waals surface area contributed by atoms with Crippen molar-refractivity contribution in [3.63, 3.8) is 0 Å². The van der Waals surface area contributed by atoms with Gasteiger partial charge in [0.15, 0.2) is 0 Å². The summed E-state index contributed by atoms with van der Waals surface area (Å²) < 4.78 is 1.16. The molecular formula is C20H19N3O3S2. The van der Waals surface area contributed by atoms with Crippen LogP contribution in [-0.4, -0.2) is 40.1 Å². The summed E-state index contributed by atoms with van der Waals surface area (Å²) in [4.78, 5) is 31.0. The molecule has 28 heavy (non-hydrogen) atoms. The number of carbonyl (C=O) groups is 1. The van der Waals surface area contributed by atoms with Crippen molar-refractivity contribution >= 4 is 44.9 Å². The molecule has 2 heterocycles. The zero-order valence-corrected chi connectivity index (χ0v) is 17.0. The largest absolute Gasteiger partial charge is 0.338 e. The van der Waals surface area contributed by atoms with E-state index in [1.165, 1.54) is 17.8 Å². The summed E-state index contributed by atoms with van der Waals surface area (Å²) in [7, 11) is 0. The third-order valence-corrected chi connectivity index (χ3v) is 6.97. The fourth-order valence-corrected chi connectivity index (χ4v) is 5.22. The minimum Gasteiger partial charge on any atom is -0.338 e. The van der Waals surface area contributed by atoms with Gasteiger partial charge >= 0.3 is 0 Å². The van der Waals surface area contributed by atoms with Crippen LogP contribution in [0.15, 0.2) is 47.4 Å². The molecule has 6 nitrogen and oxygen atoms in total. The monoisotopic (exact) mass is 413 g/mol. The van der Waals surface area contributed by atoms with Gasteiger partial charge in [0.1, 0.15) is 0 Å². The van der Waals surface area contributed by atoms with E-state index in [-0.39, 0.29) is 17.5 Å². The summed E-state index contributed by atoms with van der Waals surface area (Å²) in [6, 6.07) is 12.8. The Morgan fingerprint density at radius 2 is 2.14 bits per heavy atom. The number of piperidine rings is 1. The predicted molar refractivity (Wildman–Crippen MR) is 112 cm³/mol. The fourth-order valence-electron chi connectivity index (χ4n) is 3.58. The lowest BCUT2D eigenvalue weighted by Gasteiger charge is -2.32. The molecule has 144 valence electrons. The molecule has 0 N–H and O–H groups in total. The highest BCUT2D eigenvalue weighted by molar-refractivity contribution is 7.98. The molecule has 1 fully saturated rings. The molecule has 0 radical (unpaired) electrons. The number of amides is 1. The number of thioether (sulfide) groups is 1. The van der Waals surface area contributed by atoms with E-state index in [0.29, 0.717) is 23.5 Å². The average molecular weight is 414 g/mol. The predicted octanol–water partition coefficient (Wildman–Crippen LogP) is 4.95. The second-order valence-electron chi connectivity index (χ2n) is 6.75. The Bertz CT molecular complexity index is 1020. The van der Waals surface area contributed by atoms with E-state index in [1.54, 1.807) is 34.6 Å². The molecule has 8 heteroatoms. The van der Waals surface area contributed by atoms with Crippen LogP contribution in [0.4, 0.5) is 5.69 Å². The van der Waals surface area contributed by atoms with Crippen LogP contribution in [0.1, 0.15) is 34.1 Å². The van der Waals surface area contributed by atoms with E-state index in [4.69, 9.17) is 4.98 Å². The van der Waals surface area contributed by atoms with E-state index in [1.807, 2.05) is 18.2 Å². The average Bonchev–Trinajstić information content (AvgIpc) is 3.17. The highest BCUT2D eigenvalue weighted by Gasteiger charge is 2.28. The van der Waals surface area contributed by atoms with Gasteiger partial charge < -0.3 is 4.90 Å². The third kappa shape index (κ3) is 3.62. The lowest BCUT2D eigenvalue weighted by atomic mass is 9.98. The first-order chi connectivity index (χ1) is 13.6. The van der Waals surface area contributed by atoms with Gasteiger partial charge in [0.05, 0.1) is 25.0 Å². The van der Waals surface area contributed by atoms with Crippen LogP contribution in [0.2, 0.25) is 0 Å². The van der Waals surface area contributed by atoms with Gasteiger partial charge in [-0.25, -0.2) is 4.98 Å².